The fourth-order valence-electron chi connectivity index (χ4n) is 4.51. The van der Waals surface area contributed by atoms with Crippen molar-refractivity contribution in [3.05, 3.63) is 84.6 Å². The highest BCUT2D eigenvalue weighted by atomic mass is 16.5. The van der Waals surface area contributed by atoms with Crippen LogP contribution in [0.15, 0.2) is 90.9 Å². The number of aryl methyl sites for hydroxylation is 2. The molecule has 0 spiro atoms. The van der Waals surface area contributed by atoms with Gasteiger partial charge in [-0.2, -0.15) is 19.9 Å². The van der Waals surface area contributed by atoms with Crippen LogP contribution in [0.3, 0.4) is 0 Å². The van der Waals surface area contributed by atoms with Crippen LogP contribution < -0.4 is 0 Å². The smallest absolute Gasteiger partial charge is 0.258 e. The second-order valence-electron chi connectivity index (χ2n) is 9.84. The van der Waals surface area contributed by atoms with Gasteiger partial charge in [0.2, 0.25) is 35.1 Å². The molecule has 0 unspecified atom stereocenters. The monoisotopic (exact) mass is 588 g/mol. The largest absolute Gasteiger partial charge is 0.339 e. The minimum atomic E-state index is 0. The lowest BCUT2D eigenvalue weighted by atomic mass is 10.1. The lowest BCUT2D eigenvalue weighted by molar-refractivity contribution is 0.375. The maximum Gasteiger partial charge on any atom is 0.258 e. The summed E-state index contributed by atoms with van der Waals surface area (Å²) in [5, 5.41) is 16.5. The molecule has 0 amide bonds. The molecule has 0 aliphatic rings. The van der Waals surface area contributed by atoms with Crippen LogP contribution in [0.5, 0.6) is 0 Å². The molecule has 0 bridgehead atoms. The molecule has 0 radical (unpaired) electrons. The van der Waals surface area contributed by atoms with Crippen molar-refractivity contribution in [1.82, 2.24) is 40.6 Å². The normalized spacial score (nSPS) is 11.0. The predicted molar refractivity (Wildman–Crippen MR) is 161 cm³/mol. The Bertz CT molecular complexity index is 2020. The summed E-state index contributed by atoms with van der Waals surface area (Å²) in [7, 11) is 0. The first-order valence-electron chi connectivity index (χ1n) is 13.8. The van der Waals surface area contributed by atoms with Crippen molar-refractivity contribution < 1.29 is 18.1 Å². The van der Waals surface area contributed by atoms with E-state index in [2.05, 4.69) is 47.5 Å². The second-order valence-corrected chi connectivity index (χ2v) is 9.84. The number of aromatic nitrogens is 8. The molecule has 0 saturated heterocycles. The van der Waals surface area contributed by atoms with Gasteiger partial charge >= 0.3 is 0 Å². The molecule has 44 heavy (non-hydrogen) atoms. The quantitative estimate of drug-likeness (QED) is 0.164. The Kier molecular flexibility index (Phi) is 7.87. The minimum absolute atomic E-state index is 0. The summed E-state index contributed by atoms with van der Waals surface area (Å²) in [5.74, 6) is 3.71. The SMILES string of the molecule is C.CCCCc1nc(-c2cccc(-c3noc(-c4cccc(-c5nc(-c6cccc(-c7noc(C)n7)c6)no5)c4)n3)c2)no1. The van der Waals surface area contributed by atoms with E-state index in [-0.39, 0.29) is 7.43 Å². The summed E-state index contributed by atoms with van der Waals surface area (Å²) >= 11 is 0. The molecular weight excluding hydrogens is 560 g/mol. The van der Waals surface area contributed by atoms with Gasteiger partial charge in [0.15, 0.2) is 0 Å². The molecule has 7 aromatic rings. The van der Waals surface area contributed by atoms with Gasteiger partial charge in [0.05, 0.1) is 0 Å². The second kappa shape index (κ2) is 12.2. The Morgan fingerprint density at radius 3 is 1.45 bits per heavy atom. The molecule has 0 fully saturated rings. The number of rotatable bonds is 9. The average Bonchev–Trinajstić information content (AvgIpc) is 3.88. The molecule has 0 atom stereocenters. The Hall–Kier alpha value is -5.78. The molecular formula is C32H28N8O4. The van der Waals surface area contributed by atoms with Crippen LogP contribution in [0.2, 0.25) is 0 Å². The predicted octanol–water partition coefficient (Wildman–Crippen LogP) is 7.51. The Labute approximate surface area is 252 Å². The first-order valence-corrected chi connectivity index (χ1v) is 13.8. The number of benzene rings is 3. The van der Waals surface area contributed by atoms with E-state index in [0.717, 1.165) is 41.5 Å². The molecule has 0 aliphatic carbocycles. The molecule has 0 aliphatic heterocycles. The third-order valence-corrected chi connectivity index (χ3v) is 6.71. The molecule has 12 heteroatoms. The molecule has 4 heterocycles. The van der Waals surface area contributed by atoms with Gasteiger partial charge in [-0.25, -0.2) is 0 Å². The van der Waals surface area contributed by atoms with Crippen molar-refractivity contribution in [3.8, 4) is 68.5 Å². The Balaban J connectivity index is 0.00000343. The van der Waals surface area contributed by atoms with Gasteiger partial charge in [-0.05, 0) is 36.8 Å². The van der Waals surface area contributed by atoms with E-state index in [4.69, 9.17) is 18.1 Å². The zero-order valence-corrected chi connectivity index (χ0v) is 23.3. The topological polar surface area (TPSA) is 156 Å². The van der Waals surface area contributed by atoms with Crippen LogP contribution in [0.1, 0.15) is 39.0 Å². The maximum absolute atomic E-state index is 5.62. The molecule has 0 saturated carbocycles. The summed E-state index contributed by atoms with van der Waals surface area (Å²) in [6.07, 6.45) is 2.82. The van der Waals surface area contributed by atoms with E-state index in [0.29, 0.717) is 58.0 Å². The van der Waals surface area contributed by atoms with E-state index in [1.54, 1.807) is 6.92 Å². The van der Waals surface area contributed by atoms with Gasteiger partial charge in [0, 0.05) is 46.7 Å². The van der Waals surface area contributed by atoms with Crippen LogP contribution in [0.4, 0.5) is 0 Å². The number of nitrogens with zero attached hydrogens (tertiary/aromatic N) is 8. The van der Waals surface area contributed by atoms with Gasteiger partial charge in [0.1, 0.15) is 0 Å². The van der Waals surface area contributed by atoms with Crippen molar-refractivity contribution in [2.45, 2.75) is 40.5 Å². The number of hydrogen-bond acceptors (Lipinski definition) is 12. The summed E-state index contributed by atoms with van der Waals surface area (Å²) in [6, 6.07) is 22.7. The van der Waals surface area contributed by atoms with Gasteiger partial charge in [-0.15, -0.1) is 0 Å². The van der Waals surface area contributed by atoms with Crippen molar-refractivity contribution in [3.63, 3.8) is 0 Å². The van der Waals surface area contributed by atoms with Crippen molar-refractivity contribution in [2.24, 2.45) is 0 Å². The first-order chi connectivity index (χ1) is 21.1. The third kappa shape index (κ3) is 5.77. The molecule has 220 valence electrons. The molecule has 3 aromatic carbocycles. The van der Waals surface area contributed by atoms with Crippen LogP contribution in [-0.2, 0) is 6.42 Å². The van der Waals surface area contributed by atoms with E-state index in [1.807, 2.05) is 72.8 Å². The van der Waals surface area contributed by atoms with E-state index in [9.17, 15) is 0 Å². The molecule has 0 N–H and O–H groups in total. The van der Waals surface area contributed by atoms with E-state index in [1.165, 1.54) is 0 Å². The third-order valence-electron chi connectivity index (χ3n) is 6.71. The van der Waals surface area contributed by atoms with Crippen LogP contribution >= 0.6 is 0 Å². The standard InChI is InChI=1S/C31H24N8O4.CH4/c1-3-4-14-25-33-27(37-41-25)20-9-6-11-22(16-20)29-35-31(43-39-29)24-13-7-12-23(17-24)30-34-28(38-42-30)21-10-5-8-19(15-21)26-32-18(2)40-36-26;/h5-13,15-17H,3-4,14H2,1-2H3;1H4. The zero-order valence-electron chi connectivity index (χ0n) is 23.3. The Morgan fingerprint density at radius 2 is 0.955 bits per heavy atom. The summed E-state index contributed by atoms with van der Waals surface area (Å²) in [6.45, 7) is 3.87. The van der Waals surface area contributed by atoms with Crippen molar-refractivity contribution in [1.29, 1.82) is 0 Å². The summed E-state index contributed by atoms with van der Waals surface area (Å²) in [4.78, 5) is 18.0. The average molecular weight is 589 g/mol. The lowest BCUT2D eigenvalue weighted by Gasteiger charge is -1.99. The summed E-state index contributed by atoms with van der Waals surface area (Å²) in [5.41, 5.74) is 4.53. The van der Waals surface area contributed by atoms with E-state index < -0.39 is 0 Å². The molecule has 12 nitrogen and oxygen atoms in total. The summed E-state index contributed by atoms with van der Waals surface area (Å²) < 4.78 is 21.7. The van der Waals surface area contributed by atoms with Gasteiger partial charge < -0.3 is 18.1 Å². The van der Waals surface area contributed by atoms with Gasteiger partial charge in [0.25, 0.3) is 11.8 Å². The van der Waals surface area contributed by atoms with Gasteiger partial charge in [-0.1, -0.05) is 83.9 Å². The zero-order chi connectivity index (χ0) is 29.2. The van der Waals surface area contributed by atoms with E-state index >= 15 is 0 Å². The minimum Gasteiger partial charge on any atom is -0.339 e. The highest BCUT2D eigenvalue weighted by molar-refractivity contribution is 5.70. The highest BCUT2D eigenvalue weighted by Crippen LogP contribution is 2.30. The van der Waals surface area contributed by atoms with Crippen LogP contribution in [0, 0.1) is 6.92 Å². The van der Waals surface area contributed by atoms with Crippen LogP contribution in [0.25, 0.3) is 68.5 Å². The highest BCUT2D eigenvalue weighted by Gasteiger charge is 2.17. The Morgan fingerprint density at radius 1 is 0.523 bits per heavy atom. The van der Waals surface area contributed by atoms with Crippen molar-refractivity contribution >= 4 is 0 Å². The van der Waals surface area contributed by atoms with Gasteiger partial charge in [-0.3, -0.25) is 0 Å². The number of hydrogen-bond donors (Lipinski definition) is 0. The molecule has 4 aromatic heterocycles. The fourth-order valence-corrected chi connectivity index (χ4v) is 4.51. The van der Waals surface area contributed by atoms with Crippen LogP contribution in [-0.4, -0.2) is 40.6 Å². The lowest BCUT2D eigenvalue weighted by Crippen LogP contribution is -1.87. The molecule has 7 rings (SSSR count). The maximum atomic E-state index is 5.62. The fraction of sp³-hybridized carbons (Fsp3) is 0.188. The number of unbranched alkanes of at least 4 members (excludes halogenated alkanes) is 1. The first kappa shape index (κ1) is 28.3. The van der Waals surface area contributed by atoms with Crippen molar-refractivity contribution in [2.75, 3.05) is 0 Å².